The van der Waals surface area contributed by atoms with E-state index < -0.39 is 0 Å². The molecule has 1 aromatic carbocycles. The van der Waals surface area contributed by atoms with Crippen LogP contribution in [0.3, 0.4) is 0 Å². The number of rotatable bonds is 3. The minimum absolute atomic E-state index is 0.129. The second-order valence-electron chi connectivity index (χ2n) is 4.42. The van der Waals surface area contributed by atoms with Crippen LogP contribution >= 0.6 is 43.5 Å². The fraction of sp³-hybridized carbons (Fsp3) is 0.417. The molecule has 0 aliphatic rings. The summed E-state index contributed by atoms with van der Waals surface area (Å²) in [7, 11) is 0. The van der Waals surface area contributed by atoms with Gasteiger partial charge in [0.05, 0.1) is 5.02 Å². The van der Waals surface area contributed by atoms with E-state index in [1.54, 1.807) is 18.2 Å². The minimum atomic E-state index is -0.323. The normalized spacial score (nSPS) is 13.3. The van der Waals surface area contributed by atoms with Gasteiger partial charge in [0.25, 0.3) is 5.91 Å². The molecule has 0 fully saturated rings. The Balaban J connectivity index is 2.87. The lowest BCUT2D eigenvalue weighted by atomic mass is 10.0. The van der Waals surface area contributed by atoms with Crippen molar-refractivity contribution >= 4 is 49.4 Å². The second kappa shape index (κ2) is 5.72. The molecule has 0 aliphatic heterocycles. The highest BCUT2D eigenvalue weighted by Crippen LogP contribution is 2.24. The van der Waals surface area contributed by atoms with Gasteiger partial charge in [-0.1, -0.05) is 34.5 Å². The van der Waals surface area contributed by atoms with Crippen LogP contribution in [-0.2, 0) is 0 Å². The fourth-order valence-corrected chi connectivity index (χ4v) is 1.64. The molecule has 0 aromatic heterocycles. The van der Waals surface area contributed by atoms with Gasteiger partial charge in [0.15, 0.2) is 0 Å². The maximum atomic E-state index is 12.0. The Kier molecular flexibility index (Phi) is 5.05. The van der Waals surface area contributed by atoms with Gasteiger partial charge >= 0.3 is 0 Å². The summed E-state index contributed by atoms with van der Waals surface area (Å²) >= 11 is 12.7. The quantitative estimate of drug-likeness (QED) is 0.771. The summed E-state index contributed by atoms with van der Waals surface area (Å²) in [6.07, 6.45) is 0. The molecule has 1 rings (SSSR count). The molecule has 17 heavy (non-hydrogen) atoms. The Morgan fingerprint density at radius 1 is 1.47 bits per heavy atom. The zero-order valence-electron chi connectivity index (χ0n) is 9.85. The highest BCUT2D eigenvalue weighted by molar-refractivity contribution is 9.10. The summed E-state index contributed by atoms with van der Waals surface area (Å²) in [6.45, 7) is 5.92. The predicted octanol–water partition coefficient (Wildman–Crippen LogP) is 4.39. The number of carbonyl (C=O) groups excluding carboxylic acids is 1. The molecule has 0 saturated heterocycles. The molecular formula is C12H14Br2ClNO. The highest BCUT2D eigenvalue weighted by atomic mass is 79.9. The van der Waals surface area contributed by atoms with Crippen LogP contribution in [0.2, 0.25) is 5.02 Å². The molecule has 1 atom stereocenters. The lowest BCUT2D eigenvalue weighted by Gasteiger charge is -2.29. The van der Waals surface area contributed by atoms with Crippen molar-refractivity contribution in [3.8, 4) is 0 Å². The standard InChI is InChI=1S/C12H14Br2ClNO/c1-7(13)12(2,3)16-11(17)8-4-5-9(14)10(15)6-8/h4-7H,1-3H3,(H,16,17). The average molecular weight is 384 g/mol. The maximum Gasteiger partial charge on any atom is 0.251 e. The van der Waals surface area contributed by atoms with Crippen molar-refractivity contribution in [3.05, 3.63) is 33.3 Å². The van der Waals surface area contributed by atoms with Crippen LogP contribution in [0.1, 0.15) is 31.1 Å². The van der Waals surface area contributed by atoms with E-state index in [0.717, 1.165) is 4.47 Å². The Morgan fingerprint density at radius 3 is 2.53 bits per heavy atom. The van der Waals surface area contributed by atoms with Gasteiger partial charge in [-0.3, -0.25) is 4.79 Å². The summed E-state index contributed by atoms with van der Waals surface area (Å²) in [5, 5.41) is 3.49. The molecule has 1 unspecified atom stereocenters. The summed E-state index contributed by atoms with van der Waals surface area (Å²) in [4.78, 5) is 12.2. The SMILES string of the molecule is CC(Br)C(C)(C)NC(=O)c1ccc(Br)c(Cl)c1. The van der Waals surface area contributed by atoms with Crippen molar-refractivity contribution in [1.82, 2.24) is 5.32 Å². The number of benzene rings is 1. The average Bonchev–Trinajstić information content (AvgIpc) is 2.21. The van der Waals surface area contributed by atoms with Gasteiger partial charge in [-0.15, -0.1) is 0 Å². The van der Waals surface area contributed by atoms with Crippen molar-refractivity contribution in [2.75, 3.05) is 0 Å². The first-order valence-electron chi connectivity index (χ1n) is 5.15. The summed E-state index contributed by atoms with van der Waals surface area (Å²) in [5.74, 6) is -0.129. The fourth-order valence-electron chi connectivity index (χ4n) is 1.10. The molecule has 5 heteroatoms. The largest absolute Gasteiger partial charge is 0.346 e. The third-order valence-corrected chi connectivity index (χ3v) is 4.99. The van der Waals surface area contributed by atoms with E-state index in [9.17, 15) is 4.79 Å². The van der Waals surface area contributed by atoms with Crippen LogP contribution in [0.25, 0.3) is 0 Å². The zero-order chi connectivity index (χ0) is 13.2. The van der Waals surface area contributed by atoms with Crippen LogP contribution in [-0.4, -0.2) is 16.3 Å². The molecule has 0 aliphatic carbocycles. The van der Waals surface area contributed by atoms with Gasteiger partial charge in [0.1, 0.15) is 0 Å². The van der Waals surface area contributed by atoms with Crippen LogP contribution in [0, 0.1) is 0 Å². The zero-order valence-corrected chi connectivity index (χ0v) is 13.8. The van der Waals surface area contributed by atoms with Gasteiger partial charge in [-0.25, -0.2) is 0 Å². The molecule has 0 spiro atoms. The molecule has 94 valence electrons. The van der Waals surface area contributed by atoms with E-state index in [4.69, 9.17) is 11.6 Å². The molecule has 1 aromatic rings. The van der Waals surface area contributed by atoms with E-state index in [2.05, 4.69) is 37.2 Å². The monoisotopic (exact) mass is 381 g/mol. The number of carbonyl (C=O) groups is 1. The Morgan fingerprint density at radius 2 is 2.06 bits per heavy atom. The van der Waals surface area contributed by atoms with E-state index in [0.29, 0.717) is 10.6 Å². The van der Waals surface area contributed by atoms with Crippen LogP contribution in [0.5, 0.6) is 0 Å². The van der Waals surface area contributed by atoms with Crippen molar-refractivity contribution in [3.63, 3.8) is 0 Å². The summed E-state index contributed by atoms with van der Waals surface area (Å²) < 4.78 is 0.781. The van der Waals surface area contributed by atoms with Crippen molar-refractivity contribution in [1.29, 1.82) is 0 Å². The maximum absolute atomic E-state index is 12.0. The first-order chi connectivity index (χ1) is 7.74. The lowest BCUT2D eigenvalue weighted by Crippen LogP contribution is -2.48. The second-order valence-corrected chi connectivity index (χ2v) is 7.06. The Hall–Kier alpha value is -0.0600. The van der Waals surface area contributed by atoms with Gasteiger partial charge in [-0.05, 0) is 48.0 Å². The van der Waals surface area contributed by atoms with Gasteiger partial charge in [-0.2, -0.15) is 0 Å². The minimum Gasteiger partial charge on any atom is -0.346 e. The molecule has 0 radical (unpaired) electrons. The third-order valence-electron chi connectivity index (χ3n) is 2.61. The van der Waals surface area contributed by atoms with E-state index in [1.165, 1.54) is 0 Å². The molecular weight excluding hydrogens is 369 g/mol. The Bertz CT molecular complexity index is 433. The van der Waals surface area contributed by atoms with Crippen LogP contribution in [0.15, 0.2) is 22.7 Å². The number of alkyl halides is 1. The number of halogens is 3. The molecule has 2 nitrogen and oxygen atoms in total. The van der Waals surface area contributed by atoms with Crippen molar-refractivity contribution in [2.24, 2.45) is 0 Å². The summed E-state index contributed by atoms with van der Waals surface area (Å²) in [5.41, 5.74) is 0.232. The third kappa shape index (κ3) is 3.97. The number of hydrogen-bond acceptors (Lipinski definition) is 1. The number of nitrogens with one attached hydrogen (secondary N) is 1. The molecule has 0 saturated carbocycles. The van der Waals surface area contributed by atoms with Crippen LogP contribution < -0.4 is 5.32 Å². The van der Waals surface area contributed by atoms with Crippen molar-refractivity contribution in [2.45, 2.75) is 31.1 Å². The van der Waals surface area contributed by atoms with Gasteiger partial charge in [0, 0.05) is 20.4 Å². The Labute approximate surface area is 123 Å². The van der Waals surface area contributed by atoms with Crippen LogP contribution in [0.4, 0.5) is 0 Å². The van der Waals surface area contributed by atoms with Crippen molar-refractivity contribution < 1.29 is 4.79 Å². The molecule has 0 bridgehead atoms. The van der Waals surface area contributed by atoms with Gasteiger partial charge < -0.3 is 5.32 Å². The molecule has 1 N–H and O–H groups in total. The highest BCUT2D eigenvalue weighted by Gasteiger charge is 2.26. The lowest BCUT2D eigenvalue weighted by molar-refractivity contribution is 0.0914. The first kappa shape index (κ1) is 15.0. The topological polar surface area (TPSA) is 29.1 Å². The van der Waals surface area contributed by atoms with Gasteiger partial charge in [0.2, 0.25) is 0 Å². The number of amides is 1. The smallest absolute Gasteiger partial charge is 0.251 e. The van der Waals surface area contributed by atoms with E-state index in [1.807, 2.05) is 20.8 Å². The molecule has 1 amide bonds. The number of hydrogen-bond donors (Lipinski definition) is 1. The van der Waals surface area contributed by atoms with E-state index >= 15 is 0 Å². The first-order valence-corrected chi connectivity index (χ1v) is 7.24. The predicted molar refractivity (Wildman–Crippen MR) is 79.1 cm³/mol. The van der Waals surface area contributed by atoms with E-state index in [-0.39, 0.29) is 16.3 Å². The molecule has 0 heterocycles. The summed E-state index contributed by atoms with van der Waals surface area (Å²) in [6, 6.07) is 5.15.